The number of aromatic nitrogens is 1. The number of carboxylic acid groups (broad SMARTS) is 1. The smallest absolute Gasteiger partial charge is 0.320 e. The first-order valence-corrected chi connectivity index (χ1v) is 7.79. The van der Waals surface area contributed by atoms with Gasteiger partial charge >= 0.3 is 5.97 Å². The normalized spacial score (nSPS) is 11.6. The Morgan fingerprint density at radius 2 is 1.83 bits per heavy atom. The van der Waals surface area contributed by atoms with Crippen LogP contribution in [0.15, 0.2) is 54.7 Å². The fourth-order valence-electron chi connectivity index (χ4n) is 2.48. The molecule has 0 spiro atoms. The van der Waals surface area contributed by atoms with Crippen molar-refractivity contribution in [2.24, 2.45) is 5.73 Å². The van der Waals surface area contributed by atoms with Crippen LogP contribution in [0.25, 0.3) is 22.0 Å². The van der Waals surface area contributed by atoms with Crippen LogP contribution >= 0.6 is 0 Å². The first kappa shape index (κ1) is 16.8. The maximum Gasteiger partial charge on any atom is 0.320 e. The molecule has 2 aromatic carbocycles. The minimum atomic E-state index is -0.983. The van der Waals surface area contributed by atoms with Crippen molar-refractivity contribution in [1.82, 2.24) is 4.98 Å². The molecule has 3 aromatic rings. The third-order valence-electron chi connectivity index (χ3n) is 3.63. The summed E-state index contributed by atoms with van der Waals surface area (Å²) in [5.74, 6) is -0.983. The van der Waals surface area contributed by atoms with Crippen LogP contribution in [0.4, 0.5) is 0 Å². The van der Waals surface area contributed by atoms with Crippen molar-refractivity contribution in [3.63, 3.8) is 0 Å². The molecule has 1 atom stereocenters. The van der Waals surface area contributed by atoms with Gasteiger partial charge in [0, 0.05) is 23.5 Å². The van der Waals surface area contributed by atoms with Gasteiger partial charge < -0.3 is 15.8 Å². The van der Waals surface area contributed by atoms with Gasteiger partial charge in [-0.25, -0.2) is 0 Å². The van der Waals surface area contributed by atoms with Crippen molar-refractivity contribution in [3.8, 4) is 11.1 Å². The number of rotatable bonds is 4. The van der Waals surface area contributed by atoms with Gasteiger partial charge in [-0.1, -0.05) is 50.2 Å². The number of aliphatic carboxylic acids is 1. The number of nitrogens with one attached hydrogen (secondary N) is 1. The Morgan fingerprint density at radius 1 is 1.13 bits per heavy atom. The summed E-state index contributed by atoms with van der Waals surface area (Å²) in [7, 11) is 0. The molecule has 4 heteroatoms. The summed E-state index contributed by atoms with van der Waals surface area (Å²) in [6.07, 6.45) is 2.15. The van der Waals surface area contributed by atoms with Crippen molar-refractivity contribution in [2.45, 2.75) is 26.3 Å². The summed E-state index contributed by atoms with van der Waals surface area (Å²) < 4.78 is 0. The monoisotopic (exact) mass is 310 g/mol. The van der Waals surface area contributed by atoms with Gasteiger partial charge in [-0.2, -0.15) is 0 Å². The zero-order valence-electron chi connectivity index (χ0n) is 13.4. The Labute approximate surface area is 136 Å². The van der Waals surface area contributed by atoms with E-state index in [-0.39, 0.29) is 0 Å². The van der Waals surface area contributed by atoms with Gasteiger partial charge in [0.25, 0.3) is 0 Å². The molecular weight excluding hydrogens is 288 g/mol. The summed E-state index contributed by atoms with van der Waals surface area (Å²) in [6, 6.07) is 15.3. The van der Waals surface area contributed by atoms with Crippen LogP contribution in [0.2, 0.25) is 0 Å². The number of hydrogen-bond donors (Lipinski definition) is 3. The lowest BCUT2D eigenvalue weighted by Crippen LogP contribution is -2.32. The first-order chi connectivity index (χ1) is 11.1. The van der Waals surface area contributed by atoms with E-state index in [0.29, 0.717) is 6.42 Å². The van der Waals surface area contributed by atoms with E-state index in [0.717, 1.165) is 27.6 Å². The van der Waals surface area contributed by atoms with E-state index >= 15 is 0 Å². The highest BCUT2D eigenvalue weighted by atomic mass is 16.4. The minimum absolute atomic E-state index is 0.313. The lowest BCUT2D eigenvalue weighted by Gasteiger charge is -2.06. The molecule has 1 unspecified atom stereocenters. The average Bonchev–Trinajstić information content (AvgIpc) is 2.99. The lowest BCUT2D eigenvalue weighted by atomic mass is 10.0. The number of carboxylic acids is 1. The fraction of sp³-hybridized carbons (Fsp3) is 0.211. The highest BCUT2D eigenvalue weighted by molar-refractivity contribution is 5.88. The predicted molar refractivity (Wildman–Crippen MR) is 94.4 cm³/mol. The zero-order valence-corrected chi connectivity index (χ0v) is 13.4. The molecule has 0 saturated carbocycles. The Hall–Kier alpha value is -2.59. The molecule has 3 rings (SSSR count). The van der Waals surface area contributed by atoms with Crippen LogP contribution in [-0.4, -0.2) is 22.1 Å². The van der Waals surface area contributed by atoms with E-state index < -0.39 is 12.0 Å². The standard InChI is InChI=1S/C17H16N2O2.C2H6/c18-15(17(20)21)9-13-10-19-16-7-6-12(8-14(13)16)11-4-2-1-3-5-11;1-2/h1-8,10,15,19H,9,18H2,(H,20,21);1-2H3. The van der Waals surface area contributed by atoms with E-state index in [4.69, 9.17) is 10.8 Å². The first-order valence-electron chi connectivity index (χ1n) is 7.79. The maximum atomic E-state index is 10.9. The van der Waals surface area contributed by atoms with Gasteiger partial charge in [-0.05, 0) is 28.8 Å². The zero-order chi connectivity index (χ0) is 16.8. The van der Waals surface area contributed by atoms with E-state index in [1.54, 1.807) is 0 Å². The summed E-state index contributed by atoms with van der Waals surface area (Å²) in [5.41, 5.74) is 9.79. The van der Waals surface area contributed by atoms with E-state index in [1.807, 2.05) is 44.3 Å². The molecule has 1 heterocycles. The van der Waals surface area contributed by atoms with E-state index in [9.17, 15) is 4.79 Å². The van der Waals surface area contributed by atoms with Crippen LogP contribution in [0.5, 0.6) is 0 Å². The molecule has 120 valence electrons. The van der Waals surface area contributed by atoms with Gasteiger partial charge in [0.05, 0.1) is 0 Å². The van der Waals surface area contributed by atoms with E-state index in [2.05, 4.69) is 29.2 Å². The Balaban J connectivity index is 0.000000924. The third-order valence-corrected chi connectivity index (χ3v) is 3.63. The molecule has 0 aliphatic carbocycles. The molecule has 1 aromatic heterocycles. The second kappa shape index (κ2) is 7.61. The fourth-order valence-corrected chi connectivity index (χ4v) is 2.48. The molecule has 0 radical (unpaired) electrons. The maximum absolute atomic E-state index is 10.9. The molecule has 0 saturated heterocycles. The van der Waals surface area contributed by atoms with Crippen molar-refractivity contribution in [3.05, 3.63) is 60.3 Å². The Bertz CT molecular complexity index is 778. The van der Waals surface area contributed by atoms with Gasteiger partial charge in [0.1, 0.15) is 6.04 Å². The largest absolute Gasteiger partial charge is 0.480 e. The predicted octanol–water partition coefficient (Wildman–Crippen LogP) is 3.82. The number of benzene rings is 2. The topological polar surface area (TPSA) is 79.1 Å². The van der Waals surface area contributed by atoms with Crippen molar-refractivity contribution in [2.75, 3.05) is 0 Å². The van der Waals surface area contributed by atoms with Crippen molar-refractivity contribution in [1.29, 1.82) is 0 Å². The molecule has 0 fully saturated rings. The molecule has 23 heavy (non-hydrogen) atoms. The Kier molecular flexibility index (Phi) is 5.55. The summed E-state index contributed by atoms with van der Waals surface area (Å²) in [4.78, 5) is 14.1. The highest BCUT2D eigenvalue weighted by Crippen LogP contribution is 2.26. The third kappa shape index (κ3) is 3.79. The second-order valence-electron chi connectivity index (χ2n) is 5.09. The lowest BCUT2D eigenvalue weighted by molar-refractivity contribution is -0.138. The van der Waals surface area contributed by atoms with Crippen molar-refractivity contribution < 1.29 is 9.90 Å². The van der Waals surface area contributed by atoms with Crippen LogP contribution in [0, 0.1) is 0 Å². The molecule has 0 bridgehead atoms. The number of carbonyl (C=O) groups is 1. The molecule has 4 nitrogen and oxygen atoms in total. The van der Waals surface area contributed by atoms with E-state index in [1.165, 1.54) is 0 Å². The van der Waals surface area contributed by atoms with Crippen LogP contribution in [-0.2, 0) is 11.2 Å². The quantitative estimate of drug-likeness (QED) is 0.685. The van der Waals surface area contributed by atoms with Crippen LogP contribution < -0.4 is 5.73 Å². The Morgan fingerprint density at radius 3 is 2.48 bits per heavy atom. The molecule has 4 N–H and O–H groups in total. The number of hydrogen-bond acceptors (Lipinski definition) is 2. The van der Waals surface area contributed by atoms with Gasteiger partial charge in [-0.15, -0.1) is 0 Å². The number of nitrogens with two attached hydrogens (primary N) is 1. The van der Waals surface area contributed by atoms with Gasteiger partial charge in [0.15, 0.2) is 0 Å². The summed E-state index contributed by atoms with van der Waals surface area (Å²) >= 11 is 0. The van der Waals surface area contributed by atoms with Gasteiger partial charge in [0.2, 0.25) is 0 Å². The molecular formula is C19H22N2O2. The molecule has 0 amide bonds. The van der Waals surface area contributed by atoms with Crippen LogP contribution in [0.1, 0.15) is 19.4 Å². The molecule has 0 aliphatic heterocycles. The number of fused-ring (bicyclic) bond motifs is 1. The SMILES string of the molecule is CC.NC(Cc1c[nH]c2ccc(-c3ccccc3)cc12)C(=O)O. The number of aromatic amines is 1. The summed E-state index contributed by atoms with van der Waals surface area (Å²) in [6.45, 7) is 4.00. The minimum Gasteiger partial charge on any atom is -0.480 e. The highest BCUT2D eigenvalue weighted by Gasteiger charge is 2.15. The van der Waals surface area contributed by atoms with Gasteiger partial charge in [-0.3, -0.25) is 4.79 Å². The van der Waals surface area contributed by atoms with Crippen molar-refractivity contribution >= 4 is 16.9 Å². The second-order valence-corrected chi connectivity index (χ2v) is 5.09. The summed E-state index contributed by atoms with van der Waals surface area (Å²) in [5, 5.41) is 9.97. The average molecular weight is 310 g/mol. The molecule has 0 aliphatic rings. The number of H-pyrrole nitrogens is 1. The van der Waals surface area contributed by atoms with Crippen LogP contribution in [0.3, 0.4) is 0 Å².